The van der Waals surface area contributed by atoms with E-state index in [1.807, 2.05) is 4.90 Å². The van der Waals surface area contributed by atoms with Crippen LogP contribution in [0.15, 0.2) is 11.6 Å². The fraction of sp³-hybridized carbons (Fsp3) is 0.750. The Balaban J connectivity index is 2.34. The molecule has 0 aliphatic carbocycles. The van der Waals surface area contributed by atoms with E-state index in [1.165, 1.54) is 5.57 Å². The molecular weight excluding hydrogens is 204 g/mol. The second kappa shape index (κ2) is 6.66. The fourth-order valence-electron chi connectivity index (χ4n) is 1.87. The third-order valence-corrected chi connectivity index (χ3v) is 2.80. The number of hydrogen-bond donors (Lipinski definition) is 1. The fourth-order valence-corrected chi connectivity index (χ4v) is 1.87. The van der Waals surface area contributed by atoms with Crippen molar-refractivity contribution in [1.29, 1.82) is 0 Å². The molecule has 0 unspecified atom stereocenters. The lowest BCUT2D eigenvalue weighted by atomic mass is 10.3. The average Bonchev–Trinajstić information content (AvgIpc) is 2.39. The smallest absolute Gasteiger partial charge is 0.317 e. The number of nitrogens with zero attached hydrogens (tertiary/aromatic N) is 2. The minimum absolute atomic E-state index is 0.177. The monoisotopic (exact) mass is 226 g/mol. The van der Waals surface area contributed by atoms with Crippen LogP contribution in [-0.2, 0) is 4.79 Å². The zero-order valence-electron chi connectivity index (χ0n) is 10.3. The molecule has 0 spiro atoms. The van der Waals surface area contributed by atoms with E-state index in [0.717, 1.165) is 39.1 Å². The SMILES string of the molecule is CC(C)=CCN1CCCN(CC(=O)O)CC1. The lowest BCUT2D eigenvalue weighted by Gasteiger charge is -2.19. The molecule has 0 atom stereocenters. The molecule has 1 aliphatic rings. The van der Waals surface area contributed by atoms with Crippen LogP contribution in [0.4, 0.5) is 0 Å². The zero-order valence-corrected chi connectivity index (χ0v) is 10.3. The highest BCUT2D eigenvalue weighted by atomic mass is 16.4. The van der Waals surface area contributed by atoms with Crippen molar-refractivity contribution in [2.24, 2.45) is 0 Å². The number of allylic oxidation sites excluding steroid dienone is 1. The Bertz CT molecular complexity index is 260. The topological polar surface area (TPSA) is 43.8 Å². The van der Waals surface area contributed by atoms with Crippen LogP contribution < -0.4 is 0 Å². The highest BCUT2D eigenvalue weighted by molar-refractivity contribution is 5.69. The van der Waals surface area contributed by atoms with Crippen molar-refractivity contribution in [3.8, 4) is 0 Å². The first-order valence-electron chi connectivity index (χ1n) is 5.88. The van der Waals surface area contributed by atoms with Crippen LogP contribution in [0.5, 0.6) is 0 Å². The highest BCUT2D eigenvalue weighted by Crippen LogP contribution is 2.03. The van der Waals surface area contributed by atoms with Crippen molar-refractivity contribution in [1.82, 2.24) is 9.80 Å². The number of hydrogen-bond acceptors (Lipinski definition) is 3. The van der Waals surface area contributed by atoms with Crippen LogP contribution in [0.1, 0.15) is 20.3 Å². The average molecular weight is 226 g/mol. The molecule has 1 fully saturated rings. The second-order valence-electron chi connectivity index (χ2n) is 4.61. The Labute approximate surface area is 97.5 Å². The summed E-state index contributed by atoms with van der Waals surface area (Å²) in [6.45, 7) is 9.18. The van der Waals surface area contributed by atoms with Crippen LogP contribution in [0.2, 0.25) is 0 Å². The van der Waals surface area contributed by atoms with Gasteiger partial charge in [-0.2, -0.15) is 0 Å². The molecular formula is C12H22N2O2. The molecule has 0 saturated carbocycles. The quantitative estimate of drug-likeness (QED) is 0.728. The van der Waals surface area contributed by atoms with Crippen molar-refractivity contribution >= 4 is 5.97 Å². The maximum Gasteiger partial charge on any atom is 0.317 e. The molecule has 1 rings (SSSR count). The van der Waals surface area contributed by atoms with Gasteiger partial charge in [-0.1, -0.05) is 11.6 Å². The molecule has 92 valence electrons. The van der Waals surface area contributed by atoms with Crippen molar-refractivity contribution < 1.29 is 9.90 Å². The van der Waals surface area contributed by atoms with Crippen molar-refractivity contribution in [3.63, 3.8) is 0 Å². The predicted molar refractivity (Wildman–Crippen MR) is 64.6 cm³/mol. The van der Waals surface area contributed by atoms with E-state index < -0.39 is 5.97 Å². The summed E-state index contributed by atoms with van der Waals surface area (Å²) < 4.78 is 0. The zero-order chi connectivity index (χ0) is 12.0. The first kappa shape index (κ1) is 13.2. The van der Waals surface area contributed by atoms with Gasteiger partial charge in [0.1, 0.15) is 0 Å². The van der Waals surface area contributed by atoms with Crippen molar-refractivity contribution in [2.45, 2.75) is 20.3 Å². The van der Waals surface area contributed by atoms with Crippen LogP contribution in [0.25, 0.3) is 0 Å². The Hall–Kier alpha value is -0.870. The Morgan fingerprint density at radius 1 is 1.19 bits per heavy atom. The first-order valence-corrected chi connectivity index (χ1v) is 5.88. The maximum atomic E-state index is 10.6. The molecule has 1 saturated heterocycles. The molecule has 0 aromatic rings. The van der Waals surface area contributed by atoms with Crippen LogP contribution >= 0.6 is 0 Å². The van der Waals surface area contributed by atoms with Gasteiger partial charge in [0, 0.05) is 26.2 Å². The summed E-state index contributed by atoms with van der Waals surface area (Å²) in [6.07, 6.45) is 3.29. The van der Waals surface area contributed by atoms with Gasteiger partial charge in [-0.3, -0.25) is 14.6 Å². The summed E-state index contributed by atoms with van der Waals surface area (Å²) in [5, 5.41) is 8.73. The summed E-state index contributed by atoms with van der Waals surface area (Å²) in [7, 11) is 0. The van der Waals surface area contributed by atoms with Gasteiger partial charge in [0.05, 0.1) is 6.54 Å². The first-order chi connectivity index (χ1) is 7.58. The summed E-state index contributed by atoms with van der Waals surface area (Å²) in [6, 6.07) is 0. The Morgan fingerprint density at radius 3 is 2.44 bits per heavy atom. The molecule has 1 heterocycles. The molecule has 16 heavy (non-hydrogen) atoms. The third-order valence-electron chi connectivity index (χ3n) is 2.80. The van der Waals surface area contributed by atoms with E-state index in [4.69, 9.17) is 5.11 Å². The molecule has 0 aromatic carbocycles. The summed E-state index contributed by atoms with van der Waals surface area (Å²) in [5.41, 5.74) is 1.34. The summed E-state index contributed by atoms with van der Waals surface area (Å²) >= 11 is 0. The largest absolute Gasteiger partial charge is 0.480 e. The minimum Gasteiger partial charge on any atom is -0.480 e. The van der Waals surface area contributed by atoms with E-state index >= 15 is 0 Å². The molecule has 0 amide bonds. The molecule has 1 aliphatic heterocycles. The summed E-state index contributed by atoms with van der Waals surface area (Å²) in [4.78, 5) is 15.0. The van der Waals surface area contributed by atoms with Gasteiger partial charge in [-0.15, -0.1) is 0 Å². The number of carboxylic acids is 1. The van der Waals surface area contributed by atoms with E-state index in [-0.39, 0.29) is 6.54 Å². The molecule has 4 nitrogen and oxygen atoms in total. The number of aliphatic carboxylic acids is 1. The lowest BCUT2D eigenvalue weighted by molar-refractivity contribution is -0.138. The number of carbonyl (C=O) groups is 1. The number of carboxylic acid groups (broad SMARTS) is 1. The summed E-state index contributed by atoms with van der Waals surface area (Å²) in [5.74, 6) is -0.724. The molecule has 0 aromatic heterocycles. The highest BCUT2D eigenvalue weighted by Gasteiger charge is 2.15. The Kier molecular flexibility index (Phi) is 5.49. The second-order valence-corrected chi connectivity index (χ2v) is 4.61. The number of rotatable bonds is 4. The maximum absolute atomic E-state index is 10.6. The minimum atomic E-state index is -0.724. The predicted octanol–water partition coefficient (Wildman–Crippen LogP) is 1.04. The molecule has 4 heteroatoms. The van der Waals surface area contributed by atoms with Gasteiger partial charge < -0.3 is 5.11 Å². The molecule has 1 N–H and O–H groups in total. The van der Waals surface area contributed by atoms with Gasteiger partial charge in [0.15, 0.2) is 0 Å². The van der Waals surface area contributed by atoms with Crippen molar-refractivity contribution in [3.05, 3.63) is 11.6 Å². The van der Waals surface area contributed by atoms with Crippen molar-refractivity contribution in [2.75, 3.05) is 39.3 Å². The lowest BCUT2D eigenvalue weighted by Crippen LogP contribution is -2.34. The van der Waals surface area contributed by atoms with Crippen LogP contribution in [-0.4, -0.2) is 60.1 Å². The van der Waals surface area contributed by atoms with Crippen LogP contribution in [0.3, 0.4) is 0 Å². The van der Waals surface area contributed by atoms with Gasteiger partial charge >= 0.3 is 5.97 Å². The standard InChI is InChI=1S/C12H22N2O2/c1-11(2)4-7-13-5-3-6-14(9-8-13)10-12(15)16/h4H,3,5-10H2,1-2H3,(H,15,16). The Morgan fingerprint density at radius 2 is 1.81 bits per heavy atom. The third kappa shape index (κ3) is 5.28. The van der Waals surface area contributed by atoms with Gasteiger partial charge in [-0.25, -0.2) is 0 Å². The molecule has 0 radical (unpaired) electrons. The normalized spacial score (nSPS) is 19.1. The van der Waals surface area contributed by atoms with E-state index in [2.05, 4.69) is 24.8 Å². The van der Waals surface area contributed by atoms with E-state index in [9.17, 15) is 4.79 Å². The molecule has 0 bridgehead atoms. The van der Waals surface area contributed by atoms with Gasteiger partial charge in [-0.05, 0) is 26.8 Å². The van der Waals surface area contributed by atoms with E-state index in [0.29, 0.717) is 0 Å². The van der Waals surface area contributed by atoms with Gasteiger partial charge in [0.25, 0.3) is 0 Å². The van der Waals surface area contributed by atoms with Gasteiger partial charge in [0.2, 0.25) is 0 Å². The van der Waals surface area contributed by atoms with E-state index in [1.54, 1.807) is 0 Å². The van der Waals surface area contributed by atoms with Crippen LogP contribution in [0, 0.1) is 0 Å².